The number of hydrogen-bond donors (Lipinski definition) is 1. The van der Waals surface area contributed by atoms with Gasteiger partial charge in [-0.15, -0.1) is 0 Å². The van der Waals surface area contributed by atoms with Crippen LogP contribution >= 0.6 is 0 Å². The Labute approximate surface area is 124 Å². The van der Waals surface area contributed by atoms with Crippen molar-refractivity contribution in [3.8, 4) is 0 Å². The Morgan fingerprint density at radius 3 is 2.14 bits per heavy atom. The summed E-state index contributed by atoms with van der Waals surface area (Å²) in [6.07, 6.45) is -1.37. The zero-order valence-corrected chi connectivity index (χ0v) is 11.4. The molecule has 2 aliphatic heterocycles. The molecule has 2 heterocycles. The second-order valence-corrected chi connectivity index (χ2v) is 4.95. The van der Waals surface area contributed by atoms with Gasteiger partial charge in [-0.3, -0.25) is 14.4 Å². The predicted octanol–water partition coefficient (Wildman–Crippen LogP) is -0.226. The minimum atomic E-state index is -1.03. The maximum Gasteiger partial charge on any atom is 0.361 e. The van der Waals surface area contributed by atoms with Crippen molar-refractivity contribution in [1.29, 1.82) is 0 Å². The highest BCUT2D eigenvalue weighted by atomic mass is 16.7. The molecule has 1 aromatic rings. The molecule has 0 spiro atoms. The molecular formula is C14H12N2O6. The number of nitrogens with zero attached hydrogens (tertiary/aromatic N) is 1. The van der Waals surface area contributed by atoms with Crippen molar-refractivity contribution in [2.45, 2.75) is 25.0 Å². The molecule has 1 fully saturated rings. The van der Waals surface area contributed by atoms with Crippen molar-refractivity contribution < 1.29 is 28.8 Å². The zero-order chi connectivity index (χ0) is 15.9. The molecule has 0 aromatic heterocycles. The highest BCUT2D eigenvalue weighted by molar-refractivity contribution is 6.20. The van der Waals surface area contributed by atoms with Gasteiger partial charge in [0.25, 0.3) is 11.8 Å². The zero-order valence-electron chi connectivity index (χ0n) is 11.4. The average molecular weight is 304 g/mol. The van der Waals surface area contributed by atoms with Gasteiger partial charge in [-0.05, 0) is 25.0 Å². The van der Waals surface area contributed by atoms with E-state index in [0.717, 1.165) is 0 Å². The molecule has 2 atom stereocenters. The molecule has 0 saturated carbocycles. The van der Waals surface area contributed by atoms with Crippen molar-refractivity contribution in [2.75, 3.05) is 0 Å². The molecule has 3 rings (SSSR count). The lowest BCUT2D eigenvalue weighted by molar-refractivity contribution is -0.181. The smallest absolute Gasteiger partial charge is 0.361 e. The monoisotopic (exact) mass is 304 g/mol. The Bertz CT molecular complexity index is 651. The van der Waals surface area contributed by atoms with Crippen LogP contribution in [0.3, 0.4) is 0 Å². The summed E-state index contributed by atoms with van der Waals surface area (Å²) in [6, 6.07) is 6.15. The summed E-state index contributed by atoms with van der Waals surface area (Å²) in [5.41, 5.74) is 5.43. The van der Waals surface area contributed by atoms with E-state index in [1.54, 1.807) is 12.1 Å². The first-order valence-electron chi connectivity index (χ1n) is 6.63. The molecule has 0 radical (unpaired) electrons. The first kappa shape index (κ1) is 14.2. The first-order valence-corrected chi connectivity index (χ1v) is 6.63. The number of rotatable bonds is 3. The number of amides is 3. The predicted molar refractivity (Wildman–Crippen MR) is 70.1 cm³/mol. The van der Waals surface area contributed by atoms with Crippen LogP contribution in [0, 0.1) is 0 Å². The number of carbonyl (C=O) groups excluding carboxylic acids is 4. The van der Waals surface area contributed by atoms with Gasteiger partial charge >= 0.3 is 5.97 Å². The largest absolute Gasteiger partial charge is 0.367 e. The van der Waals surface area contributed by atoms with E-state index in [0.29, 0.717) is 5.06 Å². The molecule has 8 heteroatoms. The number of fused-ring (bicyclic) bond motifs is 1. The fraction of sp³-hybridized carbons (Fsp3) is 0.286. The van der Waals surface area contributed by atoms with Gasteiger partial charge in [-0.1, -0.05) is 17.2 Å². The summed E-state index contributed by atoms with van der Waals surface area (Å²) in [6.45, 7) is 0. The minimum absolute atomic E-state index is 0.169. The van der Waals surface area contributed by atoms with E-state index >= 15 is 0 Å². The van der Waals surface area contributed by atoms with E-state index in [4.69, 9.17) is 15.3 Å². The standard InChI is InChI=1S/C14H12N2O6/c15-11(17)9-5-6-10(21-9)14(20)22-16-12(18)7-3-1-2-4-8(7)13(16)19/h1-4,9-10H,5-6H2,(H2,15,17)/t9-,10+/m1/s1. The van der Waals surface area contributed by atoms with Crippen molar-refractivity contribution >= 4 is 23.7 Å². The van der Waals surface area contributed by atoms with Crippen molar-refractivity contribution in [2.24, 2.45) is 5.73 Å². The molecule has 0 bridgehead atoms. The van der Waals surface area contributed by atoms with Gasteiger partial charge < -0.3 is 15.3 Å². The normalized spacial score (nSPS) is 23.5. The second kappa shape index (κ2) is 5.23. The second-order valence-electron chi connectivity index (χ2n) is 4.95. The molecular weight excluding hydrogens is 292 g/mol. The number of benzene rings is 1. The lowest BCUT2D eigenvalue weighted by Crippen LogP contribution is -2.37. The molecule has 1 aromatic carbocycles. The number of hydroxylamine groups is 2. The molecule has 8 nitrogen and oxygen atoms in total. The van der Waals surface area contributed by atoms with Crippen LogP contribution in [0.1, 0.15) is 33.6 Å². The molecule has 22 heavy (non-hydrogen) atoms. The quantitative estimate of drug-likeness (QED) is 0.771. The molecule has 3 amide bonds. The van der Waals surface area contributed by atoms with Gasteiger partial charge in [-0.2, -0.15) is 0 Å². The van der Waals surface area contributed by atoms with Crippen LogP contribution in [0.4, 0.5) is 0 Å². The van der Waals surface area contributed by atoms with E-state index in [2.05, 4.69) is 0 Å². The van der Waals surface area contributed by atoms with E-state index in [-0.39, 0.29) is 24.0 Å². The maximum absolute atomic E-state index is 12.0. The van der Waals surface area contributed by atoms with E-state index in [1.807, 2.05) is 0 Å². The fourth-order valence-corrected chi connectivity index (χ4v) is 2.42. The van der Waals surface area contributed by atoms with Crippen molar-refractivity contribution in [3.63, 3.8) is 0 Å². The van der Waals surface area contributed by atoms with Gasteiger partial charge in [0, 0.05) is 0 Å². The van der Waals surface area contributed by atoms with Crippen LogP contribution in [0.2, 0.25) is 0 Å². The molecule has 2 N–H and O–H groups in total. The highest BCUT2D eigenvalue weighted by Crippen LogP contribution is 2.25. The van der Waals surface area contributed by atoms with E-state index in [9.17, 15) is 19.2 Å². The Balaban J connectivity index is 1.70. The summed E-state index contributed by atoms with van der Waals surface area (Å²) in [5.74, 6) is -2.99. The number of primary amides is 1. The Morgan fingerprint density at radius 2 is 1.64 bits per heavy atom. The summed E-state index contributed by atoms with van der Waals surface area (Å²) >= 11 is 0. The van der Waals surface area contributed by atoms with Gasteiger partial charge in [0.05, 0.1) is 11.1 Å². The lowest BCUT2D eigenvalue weighted by atomic mass is 10.1. The summed E-state index contributed by atoms with van der Waals surface area (Å²) in [4.78, 5) is 51.9. The number of carbonyl (C=O) groups is 4. The van der Waals surface area contributed by atoms with E-state index < -0.39 is 35.9 Å². The SMILES string of the molecule is NC(=O)[C@H]1CC[C@@H](C(=O)ON2C(=O)c3ccccc3C2=O)O1. The molecule has 1 saturated heterocycles. The molecule has 114 valence electrons. The van der Waals surface area contributed by atoms with Gasteiger partial charge in [-0.25, -0.2) is 4.79 Å². The Hall–Kier alpha value is -2.74. The third kappa shape index (κ3) is 2.23. The van der Waals surface area contributed by atoms with Crippen LogP contribution in [-0.2, 0) is 19.2 Å². The average Bonchev–Trinajstić information content (AvgIpc) is 3.08. The summed E-state index contributed by atoms with van der Waals surface area (Å²) in [7, 11) is 0. The van der Waals surface area contributed by atoms with Crippen LogP contribution < -0.4 is 5.73 Å². The fourth-order valence-electron chi connectivity index (χ4n) is 2.42. The van der Waals surface area contributed by atoms with E-state index in [1.165, 1.54) is 12.1 Å². The van der Waals surface area contributed by atoms with Crippen molar-refractivity contribution in [1.82, 2.24) is 5.06 Å². The lowest BCUT2D eigenvalue weighted by Gasteiger charge is -2.16. The Morgan fingerprint density at radius 1 is 1.09 bits per heavy atom. The number of nitrogens with two attached hydrogens (primary N) is 1. The van der Waals surface area contributed by atoms with Crippen LogP contribution in [-0.4, -0.2) is 41.0 Å². The van der Waals surface area contributed by atoms with Crippen LogP contribution in [0.25, 0.3) is 0 Å². The van der Waals surface area contributed by atoms with Crippen molar-refractivity contribution in [3.05, 3.63) is 35.4 Å². The summed E-state index contributed by atoms with van der Waals surface area (Å²) in [5, 5.41) is 0.411. The maximum atomic E-state index is 12.0. The molecule has 0 unspecified atom stereocenters. The van der Waals surface area contributed by atoms with Crippen LogP contribution in [0.5, 0.6) is 0 Å². The summed E-state index contributed by atoms with van der Waals surface area (Å²) < 4.78 is 5.14. The minimum Gasteiger partial charge on any atom is -0.367 e. The number of ether oxygens (including phenoxy) is 1. The van der Waals surface area contributed by atoms with Crippen LogP contribution in [0.15, 0.2) is 24.3 Å². The highest BCUT2D eigenvalue weighted by Gasteiger charge is 2.42. The van der Waals surface area contributed by atoms with Gasteiger partial charge in [0.1, 0.15) is 6.10 Å². The third-order valence-electron chi connectivity index (χ3n) is 3.54. The third-order valence-corrected chi connectivity index (χ3v) is 3.54. The molecule has 0 aliphatic carbocycles. The molecule has 2 aliphatic rings. The first-order chi connectivity index (χ1) is 10.5. The topological polar surface area (TPSA) is 116 Å². The van der Waals surface area contributed by atoms with Gasteiger partial charge in [0.15, 0.2) is 6.10 Å². The number of imide groups is 1. The van der Waals surface area contributed by atoms with Gasteiger partial charge in [0.2, 0.25) is 5.91 Å². The Kier molecular flexibility index (Phi) is 3.38. The number of hydrogen-bond acceptors (Lipinski definition) is 6.